The molecule has 0 aromatic heterocycles. The van der Waals surface area contributed by atoms with E-state index in [1.165, 1.54) is 25.3 Å². The van der Waals surface area contributed by atoms with E-state index < -0.39 is 34.5 Å². The van der Waals surface area contributed by atoms with Gasteiger partial charge >= 0.3 is 11.9 Å². The molecule has 0 aliphatic carbocycles. The number of hydrogen-bond acceptors (Lipinski definition) is 5. The third-order valence-electron chi connectivity index (χ3n) is 3.09. The molecule has 22 heavy (non-hydrogen) atoms. The third-order valence-corrected chi connectivity index (χ3v) is 5.11. The molecule has 0 heterocycles. The van der Waals surface area contributed by atoms with Crippen molar-refractivity contribution in [2.75, 3.05) is 13.7 Å². The fourth-order valence-electron chi connectivity index (χ4n) is 1.91. The van der Waals surface area contributed by atoms with Crippen molar-refractivity contribution in [3.8, 4) is 0 Å². The Morgan fingerprint density at radius 1 is 1.32 bits per heavy atom. The SMILES string of the molecule is COC(=O)c1cc(S(=O)(=O)N(CC(=O)O)C(C)C)ccc1C. The van der Waals surface area contributed by atoms with Crippen molar-refractivity contribution in [1.82, 2.24) is 4.31 Å². The number of esters is 1. The summed E-state index contributed by atoms with van der Waals surface area (Å²) in [6, 6.07) is 3.49. The number of benzene rings is 1. The molecule has 7 nitrogen and oxygen atoms in total. The van der Waals surface area contributed by atoms with E-state index in [1.807, 2.05) is 0 Å². The van der Waals surface area contributed by atoms with Gasteiger partial charge in [0.1, 0.15) is 6.54 Å². The highest BCUT2D eigenvalue weighted by molar-refractivity contribution is 7.89. The van der Waals surface area contributed by atoms with Gasteiger partial charge in [-0.15, -0.1) is 0 Å². The van der Waals surface area contributed by atoms with Gasteiger partial charge in [-0.2, -0.15) is 4.31 Å². The van der Waals surface area contributed by atoms with Crippen LogP contribution in [0.2, 0.25) is 0 Å². The number of carbonyl (C=O) groups excluding carboxylic acids is 1. The molecule has 0 unspecified atom stereocenters. The summed E-state index contributed by atoms with van der Waals surface area (Å²) in [4.78, 5) is 22.4. The van der Waals surface area contributed by atoms with E-state index in [9.17, 15) is 18.0 Å². The molecule has 8 heteroatoms. The fourth-order valence-corrected chi connectivity index (χ4v) is 3.52. The second kappa shape index (κ2) is 6.89. The Labute approximate surface area is 129 Å². The minimum absolute atomic E-state index is 0.127. The molecule has 0 atom stereocenters. The molecule has 1 rings (SSSR count). The van der Waals surface area contributed by atoms with Crippen LogP contribution in [-0.2, 0) is 19.6 Å². The van der Waals surface area contributed by atoms with Crippen molar-refractivity contribution in [1.29, 1.82) is 0 Å². The number of nitrogens with zero attached hydrogens (tertiary/aromatic N) is 1. The normalized spacial score (nSPS) is 11.7. The van der Waals surface area contributed by atoms with Crippen molar-refractivity contribution in [3.63, 3.8) is 0 Å². The lowest BCUT2D eigenvalue weighted by atomic mass is 10.1. The average molecular weight is 329 g/mol. The second-order valence-electron chi connectivity index (χ2n) is 5.01. The number of carbonyl (C=O) groups is 2. The Hall–Kier alpha value is -1.93. The fraction of sp³-hybridized carbons (Fsp3) is 0.429. The van der Waals surface area contributed by atoms with Crippen LogP contribution >= 0.6 is 0 Å². The van der Waals surface area contributed by atoms with Gasteiger partial charge in [0.2, 0.25) is 10.0 Å². The van der Waals surface area contributed by atoms with E-state index in [0.29, 0.717) is 5.56 Å². The zero-order chi connectivity index (χ0) is 17.1. The molecular formula is C14H19NO6S. The Morgan fingerprint density at radius 2 is 1.91 bits per heavy atom. The summed E-state index contributed by atoms with van der Waals surface area (Å²) < 4.78 is 30.7. The molecule has 0 radical (unpaired) electrons. The van der Waals surface area contributed by atoms with E-state index in [4.69, 9.17) is 5.11 Å². The highest BCUT2D eigenvalue weighted by Gasteiger charge is 2.29. The van der Waals surface area contributed by atoms with E-state index in [1.54, 1.807) is 20.8 Å². The largest absolute Gasteiger partial charge is 0.480 e. The quantitative estimate of drug-likeness (QED) is 0.789. The maximum absolute atomic E-state index is 12.6. The topological polar surface area (TPSA) is 101 Å². The van der Waals surface area contributed by atoms with Crippen LogP contribution in [0, 0.1) is 6.92 Å². The first kappa shape index (κ1) is 18.1. The van der Waals surface area contributed by atoms with Crippen molar-refractivity contribution >= 4 is 22.0 Å². The third kappa shape index (κ3) is 3.83. The predicted molar refractivity (Wildman–Crippen MR) is 79.2 cm³/mol. The standard InChI is InChI=1S/C14H19NO6S/c1-9(2)15(8-13(16)17)22(19,20)11-6-5-10(3)12(7-11)14(18)21-4/h5-7,9H,8H2,1-4H3,(H,16,17). The molecule has 0 fully saturated rings. The van der Waals surface area contributed by atoms with Gasteiger partial charge < -0.3 is 9.84 Å². The van der Waals surface area contributed by atoms with E-state index in [0.717, 1.165) is 4.31 Å². The number of methoxy groups -OCH3 is 1. The molecule has 122 valence electrons. The first-order valence-electron chi connectivity index (χ1n) is 6.53. The lowest BCUT2D eigenvalue weighted by Crippen LogP contribution is -2.40. The van der Waals surface area contributed by atoms with Crippen molar-refractivity contribution in [3.05, 3.63) is 29.3 Å². The number of sulfonamides is 1. The van der Waals surface area contributed by atoms with Crippen LogP contribution in [-0.4, -0.2) is 49.5 Å². The first-order chi connectivity index (χ1) is 10.1. The predicted octanol–water partition coefficient (Wildman–Crippen LogP) is 1.27. The van der Waals surface area contributed by atoms with Gasteiger partial charge in [-0.1, -0.05) is 6.07 Å². The van der Waals surface area contributed by atoms with Gasteiger partial charge in [-0.3, -0.25) is 4.79 Å². The van der Waals surface area contributed by atoms with Crippen LogP contribution in [0.1, 0.15) is 29.8 Å². The highest BCUT2D eigenvalue weighted by Crippen LogP contribution is 2.21. The smallest absolute Gasteiger partial charge is 0.338 e. The molecule has 0 spiro atoms. The summed E-state index contributed by atoms with van der Waals surface area (Å²) in [5.41, 5.74) is 0.697. The Bertz CT molecular complexity index is 681. The number of hydrogen-bond donors (Lipinski definition) is 1. The van der Waals surface area contributed by atoms with Crippen molar-refractivity contribution in [2.45, 2.75) is 31.7 Å². The Morgan fingerprint density at radius 3 is 2.36 bits per heavy atom. The summed E-state index contributed by atoms with van der Waals surface area (Å²) in [7, 11) is -2.83. The van der Waals surface area contributed by atoms with Crippen LogP contribution in [0.25, 0.3) is 0 Å². The highest BCUT2D eigenvalue weighted by atomic mass is 32.2. The molecule has 0 bridgehead atoms. The van der Waals surface area contributed by atoms with E-state index in [2.05, 4.69) is 4.74 Å². The molecule has 0 saturated carbocycles. The van der Waals surface area contributed by atoms with Gasteiger partial charge in [0.15, 0.2) is 0 Å². The minimum atomic E-state index is -4.03. The lowest BCUT2D eigenvalue weighted by molar-refractivity contribution is -0.137. The maximum Gasteiger partial charge on any atom is 0.338 e. The number of carboxylic acid groups (broad SMARTS) is 1. The average Bonchev–Trinajstić information content (AvgIpc) is 2.43. The zero-order valence-corrected chi connectivity index (χ0v) is 13.7. The molecule has 0 amide bonds. The van der Waals surface area contributed by atoms with Crippen LogP contribution < -0.4 is 0 Å². The monoisotopic (exact) mass is 329 g/mol. The van der Waals surface area contributed by atoms with Crippen LogP contribution in [0.5, 0.6) is 0 Å². The van der Waals surface area contributed by atoms with E-state index in [-0.39, 0.29) is 10.5 Å². The molecule has 1 N–H and O–H groups in total. The van der Waals surface area contributed by atoms with Gasteiger partial charge in [0.05, 0.1) is 17.6 Å². The van der Waals surface area contributed by atoms with E-state index >= 15 is 0 Å². The van der Waals surface area contributed by atoms with Gasteiger partial charge in [-0.25, -0.2) is 13.2 Å². The van der Waals surface area contributed by atoms with Crippen LogP contribution in [0.15, 0.2) is 23.1 Å². The minimum Gasteiger partial charge on any atom is -0.480 e. The van der Waals surface area contributed by atoms with Gasteiger partial charge in [0.25, 0.3) is 0 Å². The van der Waals surface area contributed by atoms with Crippen LogP contribution in [0.3, 0.4) is 0 Å². The summed E-state index contributed by atoms with van der Waals surface area (Å²) in [5.74, 6) is -1.90. The molecule has 0 saturated heterocycles. The first-order valence-corrected chi connectivity index (χ1v) is 7.98. The molecule has 1 aromatic rings. The van der Waals surface area contributed by atoms with Gasteiger partial charge in [0, 0.05) is 6.04 Å². The second-order valence-corrected chi connectivity index (χ2v) is 6.90. The van der Waals surface area contributed by atoms with Gasteiger partial charge in [-0.05, 0) is 38.5 Å². The summed E-state index contributed by atoms with van der Waals surface area (Å²) >= 11 is 0. The van der Waals surface area contributed by atoms with Crippen molar-refractivity contribution in [2.24, 2.45) is 0 Å². The summed E-state index contributed by atoms with van der Waals surface area (Å²) in [6.07, 6.45) is 0. The molecular weight excluding hydrogens is 310 g/mol. The van der Waals surface area contributed by atoms with Crippen molar-refractivity contribution < 1.29 is 27.9 Å². The lowest BCUT2D eigenvalue weighted by Gasteiger charge is -2.24. The number of carboxylic acids is 1. The molecule has 0 aliphatic heterocycles. The summed E-state index contributed by atoms with van der Waals surface area (Å²) in [6.45, 7) is 4.16. The summed E-state index contributed by atoms with van der Waals surface area (Å²) in [5, 5.41) is 8.89. The van der Waals surface area contributed by atoms with Crippen LogP contribution in [0.4, 0.5) is 0 Å². The Kier molecular flexibility index (Phi) is 5.67. The number of aliphatic carboxylic acids is 1. The molecule has 0 aliphatic rings. The zero-order valence-electron chi connectivity index (χ0n) is 12.9. The number of ether oxygens (including phenoxy) is 1. The Balaban J connectivity index is 3.38. The number of rotatable bonds is 6. The maximum atomic E-state index is 12.6. The number of aryl methyl sites for hydroxylation is 1. The molecule has 1 aromatic carbocycles.